The van der Waals surface area contributed by atoms with Crippen molar-refractivity contribution >= 4 is 29.0 Å². The SMILES string of the molecule is COCc1nn2c(c1-c1ccc(OC)cc1)NC(=O)C2CC(=O)Nc1cc([N+](=O)[O-])ccc1C. The number of nitro groups is 1. The molecule has 34 heavy (non-hydrogen) atoms. The molecule has 0 saturated carbocycles. The second-order valence-corrected chi connectivity index (χ2v) is 7.79. The Hall–Kier alpha value is -4.25. The Morgan fingerprint density at radius 1 is 1.24 bits per heavy atom. The minimum atomic E-state index is -0.878. The molecule has 0 fully saturated rings. The number of carbonyl (C=O) groups is 2. The predicted molar refractivity (Wildman–Crippen MR) is 124 cm³/mol. The number of aryl methyl sites for hydroxylation is 1. The quantitative estimate of drug-likeness (QED) is 0.384. The van der Waals surface area contributed by atoms with Crippen LogP contribution in [0.2, 0.25) is 0 Å². The van der Waals surface area contributed by atoms with Crippen LogP contribution >= 0.6 is 0 Å². The van der Waals surface area contributed by atoms with Crippen LogP contribution in [0, 0.1) is 17.0 Å². The van der Waals surface area contributed by atoms with E-state index in [1.807, 2.05) is 12.1 Å². The molecule has 2 N–H and O–H groups in total. The number of rotatable bonds is 8. The molecule has 1 aliphatic heterocycles. The van der Waals surface area contributed by atoms with Gasteiger partial charge in [0, 0.05) is 24.8 Å². The summed E-state index contributed by atoms with van der Waals surface area (Å²) < 4.78 is 12.0. The van der Waals surface area contributed by atoms with E-state index in [1.54, 1.807) is 39.3 Å². The van der Waals surface area contributed by atoms with Crippen molar-refractivity contribution in [2.24, 2.45) is 0 Å². The molecule has 0 saturated heterocycles. The number of benzene rings is 2. The normalized spacial score (nSPS) is 14.4. The smallest absolute Gasteiger partial charge is 0.271 e. The van der Waals surface area contributed by atoms with Crippen LogP contribution in [0.3, 0.4) is 0 Å². The number of anilines is 2. The molecule has 1 atom stereocenters. The Morgan fingerprint density at radius 3 is 2.62 bits per heavy atom. The number of nitrogens with zero attached hydrogens (tertiary/aromatic N) is 3. The number of amides is 2. The van der Waals surface area contributed by atoms with E-state index in [4.69, 9.17) is 9.47 Å². The molecule has 0 bridgehead atoms. The van der Waals surface area contributed by atoms with Crippen molar-refractivity contribution in [3.63, 3.8) is 0 Å². The molecule has 1 aliphatic rings. The summed E-state index contributed by atoms with van der Waals surface area (Å²) in [5.41, 5.74) is 2.97. The zero-order valence-electron chi connectivity index (χ0n) is 18.8. The summed E-state index contributed by atoms with van der Waals surface area (Å²) in [7, 11) is 3.13. The molecule has 11 heteroatoms. The van der Waals surface area contributed by atoms with Gasteiger partial charge >= 0.3 is 0 Å². The van der Waals surface area contributed by atoms with Crippen LogP contribution in [0.5, 0.6) is 5.75 Å². The molecule has 0 radical (unpaired) electrons. The first-order valence-electron chi connectivity index (χ1n) is 10.4. The van der Waals surface area contributed by atoms with E-state index >= 15 is 0 Å². The fourth-order valence-corrected chi connectivity index (χ4v) is 3.85. The van der Waals surface area contributed by atoms with Gasteiger partial charge in [-0.25, -0.2) is 4.68 Å². The Balaban J connectivity index is 1.61. The summed E-state index contributed by atoms with van der Waals surface area (Å²) in [6, 6.07) is 10.7. The van der Waals surface area contributed by atoms with Gasteiger partial charge in [-0.15, -0.1) is 0 Å². The molecule has 2 aromatic carbocycles. The van der Waals surface area contributed by atoms with Gasteiger partial charge in [0.25, 0.3) is 11.6 Å². The molecular formula is C23H23N5O6. The van der Waals surface area contributed by atoms with Crippen LogP contribution in [0.1, 0.15) is 23.7 Å². The maximum Gasteiger partial charge on any atom is 0.271 e. The third-order valence-corrected chi connectivity index (χ3v) is 5.57. The maximum absolute atomic E-state index is 12.8. The van der Waals surface area contributed by atoms with E-state index in [-0.39, 0.29) is 24.6 Å². The van der Waals surface area contributed by atoms with E-state index in [0.29, 0.717) is 34.1 Å². The Morgan fingerprint density at radius 2 is 1.97 bits per heavy atom. The lowest BCUT2D eigenvalue weighted by molar-refractivity contribution is -0.384. The van der Waals surface area contributed by atoms with Gasteiger partial charge in [0.15, 0.2) is 0 Å². The number of hydrogen-bond acceptors (Lipinski definition) is 7. The van der Waals surface area contributed by atoms with Gasteiger partial charge < -0.3 is 20.1 Å². The van der Waals surface area contributed by atoms with Gasteiger partial charge in [-0.1, -0.05) is 18.2 Å². The van der Waals surface area contributed by atoms with Crippen molar-refractivity contribution in [2.45, 2.75) is 26.0 Å². The molecule has 4 rings (SSSR count). The maximum atomic E-state index is 12.8. The molecule has 176 valence electrons. The number of carbonyl (C=O) groups excluding carboxylic acids is 2. The average molecular weight is 465 g/mol. The van der Waals surface area contributed by atoms with Crippen LogP contribution in [-0.4, -0.2) is 40.7 Å². The van der Waals surface area contributed by atoms with E-state index in [1.165, 1.54) is 16.8 Å². The van der Waals surface area contributed by atoms with Gasteiger partial charge in [0.2, 0.25) is 5.91 Å². The highest BCUT2D eigenvalue weighted by Gasteiger charge is 2.37. The first-order chi connectivity index (χ1) is 16.3. The molecule has 1 aromatic heterocycles. The summed E-state index contributed by atoms with van der Waals surface area (Å²) in [5, 5.41) is 21.1. The largest absolute Gasteiger partial charge is 0.497 e. The molecule has 0 aliphatic carbocycles. The second kappa shape index (κ2) is 9.32. The molecule has 2 heterocycles. The van der Waals surface area contributed by atoms with Gasteiger partial charge in [0.05, 0.1) is 36.4 Å². The van der Waals surface area contributed by atoms with E-state index in [2.05, 4.69) is 15.7 Å². The fourth-order valence-electron chi connectivity index (χ4n) is 3.85. The molecule has 3 aromatic rings. The van der Waals surface area contributed by atoms with Gasteiger partial charge in [0.1, 0.15) is 17.6 Å². The number of hydrogen-bond donors (Lipinski definition) is 2. The number of methoxy groups -OCH3 is 2. The monoisotopic (exact) mass is 465 g/mol. The zero-order chi connectivity index (χ0) is 24.4. The molecular weight excluding hydrogens is 442 g/mol. The lowest BCUT2D eigenvalue weighted by atomic mass is 10.1. The zero-order valence-corrected chi connectivity index (χ0v) is 18.8. The third kappa shape index (κ3) is 4.33. The lowest BCUT2D eigenvalue weighted by Crippen LogP contribution is -2.24. The number of aromatic nitrogens is 2. The summed E-state index contributed by atoms with van der Waals surface area (Å²) in [5.74, 6) is 0.334. The summed E-state index contributed by atoms with van der Waals surface area (Å²) >= 11 is 0. The Labute approximate surface area is 194 Å². The van der Waals surface area contributed by atoms with Gasteiger partial charge in [-0.2, -0.15) is 5.10 Å². The van der Waals surface area contributed by atoms with Crippen molar-refractivity contribution in [3.05, 3.63) is 63.8 Å². The van der Waals surface area contributed by atoms with Crippen LogP contribution in [0.25, 0.3) is 11.1 Å². The highest BCUT2D eigenvalue weighted by atomic mass is 16.6. The van der Waals surface area contributed by atoms with Crippen molar-refractivity contribution in [1.82, 2.24) is 9.78 Å². The summed E-state index contributed by atoms with van der Waals surface area (Å²) in [4.78, 5) is 36.1. The fraction of sp³-hybridized carbons (Fsp3) is 0.261. The standard InChI is InChI=1S/C23H23N5O6/c1-13-4-7-15(28(31)32)10-17(13)24-20(29)11-19-23(30)25-22-21(18(12-33-2)26-27(19)22)14-5-8-16(34-3)9-6-14/h4-10,19H,11-12H2,1-3H3,(H,24,29)(H,25,30). The predicted octanol–water partition coefficient (Wildman–Crippen LogP) is 3.44. The van der Waals surface area contributed by atoms with E-state index < -0.39 is 16.9 Å². The van der Waals surface area contributed by atoms with Crippen molar-refractivity contribution in [3.8, 4) is 16.9 Å². The minimum Gasteiger partial charge on any atom is -0.497 e. The summed E-state index contributed by atoms with van der Waals surface area (Å²) in [6.45, 7) is 1.94. The number of nitrogens with one attached hydrogen (secondary N) is 2. The average Bonchev–Trinajstić information content (AvgIpc) is 3.30. The van der Waals surface area contributed by atoms with E-state index in [0.717, 1.165) is 5.56 Å². The number of fused-ring (bicyclic) bond motifs is 1. The molecule has 1 unspecified atom stereocenters. The number of non-ortho nitro benzene ring substituents is 1. The van der Waals surface area contributed by atoms with E-state index in [9.17, 15) is 19.7 Å². The Kier molecular flexibility index (Phi) is 6.28. The van der Waals surface area contributed by atoms with Crippen molar-refractivity contribution in [1.29, 1.82) is 0 Å². The highest BCUT2D eigenvalue weighted by Crippen LogP contribution is 2.39. The highest BCUT2D eigenvalue weighted by molar-refractivity contribution is 6.04. The van der Waals surface area contributed by atoms with Gasteiger partial charge in [-0.05, 0) is 30.2 Å². The number of nitro benzene ring substituents is 1. The third-order valence-electron chi connectivity index (χ3n) is 5.57. The van der Waals surface area contributed by atoms with Gasteiger partial charge in [-0.3, -0.25) is 19.7 Å². The summed E-state index contributed by atoms with van der Waals surface area (Å²) in [6.07, 6.45) is -0.197. The van der Waals surface area contributed by atoms with Crippen LogP contribution in [0.4, 0.5) is 17.2 Å². The van der Waals surface area contributed by atoms with Crippen LogP contribution in [-0.2, 0) is 20.9 Å². The molecule has 0 spiro atoms. The van der Waals surface area contributed by atoms with Crippen LogP contribution in [0.15, 0.2) is 42.5 Å². The van der Waals surface area contributed by atoms with Crippen LogP contribution < -0.4 is 15.4 Å². The first kappa shape index (κ1) is 22.9. The minimum absolute atomic E-state index is 0.137. The molecule has 11 nitrogen and oxygen atoms in total. The first-order valence-corrected chi connectivity index (χ1v) is 10.4. The van der Waals surface area contributed by atoms with Crippen molar-refractivity contribution in [2.75, 3.05) is 24.9 Å². The Bertz CT molecular complexity index is 1270. The van der Waals surface area contributed by atoms with Crippen molar-refractivity contribution < 1.29 is 24.0 Å². The number of ether oxygens (including phenoxy) is 2. The lowest BCUT2D eigenvalue weighted by Gasteiger charge is -2.11. The topological polar surface area (TPSA) is 138 Å². The molecule has 2 amide bonds. The second-order valence-electron chi connectivity index (χ2n) is 7.79.